The van der Waals surface area contributed by atoms with Crippen LogP contribution in [0.1, 0.15) is 13.8 Å². The number of rotatable bonds is 3. The molecule has 72 valence electrons. The lowest BCUT2D eigenvalue weighted by Crippen LogP contribution is -2.09. The molecule has 0 aliphatic rings. The smallest absolute Gasteiger partial charge is 0.242 e. The first-order chi connectivity index (χ1) is 6.11. The summed E-state index contributed by atoms with van der Waals surface area (Å²) in [5.41, 5.74) is 11.4. The highest BCUT2D eigenvalue weighted by Gasteiger charge is 2.06. The number of hydrogen-bond acceptors (Lipinski definition) is 5. The maximum absolute atomic E-state index is 5.59. The van der Waals surface area contributed by atoms with E-state index in [4.69, 9.17) is 16.2 Å². The normalized spacial score (nSPS) is 10.4. The number of nitrogens with two attached hydrogens (primary N) is 2. The molecule has 0 radical (unpaired) electrons. The predicted octanol–water partition coefficient (Wildman–Crippen LogP) is 0.676. The van der Waals surface area contributed by atoms with Crippen LogP contribution in [0.5, 0.6) is 5.88 Å². The molecule has 5 heteroatoms. The average Bonchev–Trinajstić information content (AvgIpc) is 2.07. The van der Waals surface area contributed by atoms with Crippen molar-refractivity contribution in [2.75, 3.05) is 18.1 Å². The average molecular weight is 182 g/mol. The van der Waals surface area contributed by atoms with Crippen molar-refractivity contribution in [1.29, 1.82) is 0 Å². The van der Waals surface area contributed by atoms with Crippen LogP contribution in [-0.4, -0.2) is 16.6 Å². The second-order valence-electron chi connectivity index (χ2n) is 3.18. The third-order valence-electron chi connectivity index (χ3n) is 1.43. The lowest BCUT2D eigenvalue weighted by atomic mass is 10.2. The molecule has 0 aliphatic carbocycles. The monoisotopic (exact) mass is 182 g/mol. The molecular formula is C8H14N4O. The zero-order valence-corrected chi connectivity index (χ0v) is 7.82. The standard InChI is InChI=1S/C8H14N4O/c1-5(2)3-13-8-6(9)7(10)11-4-12-8/h4-5H,3,9H2,1-2H3,(H2,10,11,12). The largest absolute Gasteiger partial charge is 0.476 e. The van der Waals surface area contributed by atoms with Gasteiger partial charge >= 0.3 is 0 Å². The molecule has 0 fully saturated rings. The summed E-state index contributed by atoms with van der Waals surface area (Å²) in [6, 6.07) is 0. The fraction of sp³-hybridized carbons (Fsp3) is 0.500. The Kier molecular flexibility index (Phi) is 2.89. The Balaban J connectivity index is 2.71. The highest BCUT2D eigenvalue weighted by molar-refractivity contribution is 5.63. The molecule has 5 nitrogen and oxygen atoms in total. The van der Waals surface area contributed by atoms with Crippen molar-refractivity contribution < 1.29 is 4.74 Å². The molecule has 1 aromatic rings. The van der Waals surface area contributed by atoms with E-state index in [0.29, 0.717) is 24.1 Å². The first-order valence-corrected chi connectivity index (χ1v) is 4.10. The van der Waals surface area contributed by atoms with Crippen LogP contribution in [0, 0.1) is 5.92 Å². The first-order valence-electron chi connectivity index (χ1n) is 4.10. The lowest BCUT2D eigenvalue weighted by Gasteiger charge is -2.09. The number of nitrogen functional groups attached to an aromatic ring is 2. The minimum absolute atomic E-state index is 0.258. The van der Waals surface area contributed by atoms with Crippen LogP contribution in [0.3, 0.4) is 0 Å². The third kappa shape index (κ3) is 2.47. The first kappa shape index (κ1) is 9.57. The molecule has 4 N–H and O–H groups in total. The van der Waals surface area contributed by atoms with E-state index < -0.39 is 0 Å². The summed E-state index contributed by atoms with van der Waals surface area (Å²) in [5.74, 6) is 1.05. The molecule has 0 spiro atoms. The molecule has 0 unspecified atom stereocenters. The Bertz CT molecular complexity index is 287. The second-order valence-corrected chi connectivity index (χ2v) is 3.18. The molecule has 0 bridgehead atoms. The van der Waals surface area contributed by atoms with Gasteiger partial charge in [0.2, 0.25) is 5.88 Å². The summed E-state index contributed by atoms with van der Waals surface area (Å²) in [5, 5.41) is 0. The van der Waals surface area contributed by atoms with Crippen molar-refractivity contribution in [2.45, 2.75) is 13.8 Å². The summed E-state index contributed by atoms with van der Waals surface area (Å²) in [6.07, 6.45) is 1.33. The molecule has 0 amide bonds. The summed E-state index contributed by atoms with van der Waals surface area (Å²) in [4.78, 5) is 7.60. The van der Waals surface area contributed by atoms with Gasteiger partial charge in [-0.25, -0.2) is 4.98 Å². The SMILES string of the molecule is CC(C)COc1ncnc(N)c1N. The summed E-state index contributed by atoms with van der Waals surface area (Å²) in [7, 11) is 0. The van der Waals surface area contributed by atoms with Gasteiger partial charge in [0.05, 0.1) is 6.61 Å². The molecule has 0 aliphatic heterocycles. The molecule has 1 aromatic heterocycles. The highest BCUT2D eigenvalue weighted by atomic mass is 16.5. The third-order valence-corrected chi connectivity index (χ3v) is 1.43. The Hall–Kier alpha value is -1.52. The van der Waals surface area contributed by atoms with E-state index in [2.05, 4.69) is 9.97 Å². The Morgan fingerprint density at radius 3 is 2.69 bits per heavy atom. The number of nitrogens with zero attached hydrogens (tertiary/aromatic N) is 2. The molecule has 0 atom stereocenters. The summed E-state index contributed by atoms with van der Waals surface area (Å²) < 4.78 is 5.32. The summed E-state index contributed by atoms with van der Waals surface area (Å²) >= 11 is 0. The second kappa shape index (κ2) is 3.93. The maximum atomic E-state index is 5.59. The molecular weight excluding hydrogens is 168 g/mol. The Morgan fingerprint density at radius 2 is 2.08 bits per heavy atom. The van der Waals surface area contributed by atoms with E-state index in [0.717, 1.165) is 0 Å². The van der Waals surface area contributed by atoms with Crippen LogP contribution in [0.4, 0.5) is 11.5 Å². The quantitative estimate of drug-likeness (QED) is 0.717. The van der Waals surface area contributed by atoms with E-state index in [9.17, 15) is 0 Å². The summed E-state index contributed by atoms with van der Waals surface area (Å²) in [6.45, 7) is 4.65. The van der Waals surface area contributed by atoms with E-state index in [1.807, 2.05) is 13.8 Å². The van der Waals surface area contributed by atoms with Gasteiger partial charge in [-0.15, -0.1) is 0 Å². The van der Waals surface area contributed by atoms with Crippen molar-refractivity contribution >= 4 is 11.5 Å². The zero-order chi connectivity index (χ0) is 9.84. The van der Waals surface area contributed by atoms with E-state index in [-0.39, 0.29) is 5.82 Å². The maximum Gasteiger partial charge on any atom is 0.242 e. The van der Waals surface area contributed by atoms with E-state index in [1.54, 1.807) is 0 Å². The van der Waals surface area contributed by atoms with Gasteiger partial charge in [-0.2, -0.15) is 4.98 Å². The van der Waals surface area contributed by atoms with Crippen molar-refractivity contribution in [1.82, 2.24) is 9.97 Å². The molecule has 13 heavy (non-hydrogen) atoms. The van der Waals surface area contributed by atoms with Crippen molar-refractivity contribution in [3.63, 3.8) is 0 Å². The molecule has 0 saturated heterocycles. The fourth-order valence-corrected chi connectivity index (χ4v) is 0.753. The Labute approximate surface area is 77.1 Å². The molecule has 1 rings (SSSR count). The number of ether oxygens (including phenoxy) is 1. The minimum Gasteiger partial charge on any atom is -0.476 e. The highest BCUT2D eigenvalue weighted by Crippen LogP contribution is 2.21. The van der Waals surface area contributed by atoms with Crippen LogP contribution in [0.15, 0.2) is 6.33 Å². The van der Waals surface area contributed by atoms with Gasteiger partial charge in [0.25, 0.3) is 0 Å². The fourth-order valence-electron chi connectivity index (χ4n) is 0.753. The number of anilines is 2. The molecule has 0 aromatic carbocycles. The predicted molar refractivity (Wildman–Crippen MR) is 51.2 cm³/mol. The van der Waals surface area contributed by atoms with E-state index in [1.165, 1.54) is 6.33 Å². The van der Waals surface area contributed by atoms with Crippen LogP contribution in [0.25, 0.3) is 0 Å². The van der Waals surface area contributed by atoms with Crippen LogP contribution < -0.4 is 16.2 Å². The molecule has 0 saturated carbocycles. The van der Waals surface area contributed by atoms with Crippen molar-refractivity contribution in [2.24, 2.45) is 5.92 Å². The van der Waals surface area contributed by atoms with Gasteiger partial charge in [0.15, 0.2) is 5.82 Å². The van der Waals surface area contributed by atoms with Gasteiger partial charge in [0, 0.05) is 0 Å². The van der Waals surface area contributed by atoms with Crippen molar-refractivity contribution in [3.05, 3.63) is 6.33 Å². The van der Waals surface area contributed by atoms with Crippen LogP contribution in [-0.2, 0) is 0 Å². The molecule has 1 heterocycles. The van der Waals surface area contributed by atoms with Gasteiger partial charge in [-0.3, -0.25) is 0 Å². The Morgan fingerprint density at radius 1 is 1.38 bits per heavy atom. The van der Waals surface area contributed by atoms with Crippen LogP contribution >= 0.6 is 0 Å². The topological polar surface area (TPSA) is 87.0 Å². The van der Waals surface area contributed by atoms with Crippen molar-refractivity contribution in [3.8, 4) is 5.88 Å². The van der Waals surface area contributed by atoms with Crippen LogP contribution in [0.2, 0.25) is 0 Å². The van der Waals surface area contributed by atoms with Gasteiger partial charge in [0.1, 0.15) is 12.0 Å². The lowest BCUT2D eigenvalue weighted by molar-refractivity contribution is 0.262. The van der Waals surface area contributed by atoms with Gasteiger partial charge in [-0.05, 0) is 5.92 Å². The van der Waals surface area contributed by atoms with Gasteiger partial charge < -0.3 is 16.2 Å². The number of hydrogen-bond donors (Lipinski definition) is 2. The zero-order valence-electron chi connectivity index (χ0n) is 7.82. The van der Waals surface area contributed by atoms with Gasteiger partial charge in [-0.1, -0.05) is 13.8 Å². The van der Waals surface area contributed by atoms with E-state index >= 15 is 0 Å². The minimum atomic E-state index is 0.258. The number of aromatic nitrogens is 2.